The maximum Gasteiger partial charge on any atom is 0.146 e. The first-order valence-electron chi connectivity index (χ1n) is 7.34. The Hall–Kier alpha value is -1.11. The van der Waals surface area contributed by atoms with Crippen molar-refractivity contribution in [3.05, 3.63) is 35.9 Å². The molecule has 0 heterocycles. The molecular formula is C17H22O. The summed E-state index contributed by atoms with van der Waals surface area (Å²) >= 11 is 0. The Morgan fingerprint density at radius 1 is 1.00 bits per heavy atom. The Bertz CT molecular complexity index is 436. The third-order valence-corrected chi connectivity index (χ3v) is 5.23. The first-order valence-corrected chi connectivity index (χ1v) is 7.34. The standard InChI is InChI=1S/C17H22O/c1-17(13-9-5-4-6-10-13)15-12-8-3-2-7-11-14(15)16(17)18/h4-6,9-10,14-15H,2-3,7-8,11-12H2,1H3/t14-,15+,17+/m0/s1. The number of ketones is 1. The number of carbonyl (C=O) groups is 1. The lowest BCUT2D eigenvalue weighted by atomic mass is 9.48. The van der Waals surface area contributed by atoms with E-state index < -0.39 is 0 Å². The van der Waals surface area contributed by atoms with Gasteiger partial charge in [-0.25, -0.2) is 0 Å². The highest BCUT2D eigenvalue weighted by Crippen LogP contribution is 2.54. The highest BCUT2D eigenvalue weighted by Gasteiger charge is 2.58. The predicted octanol–water partition coefficient (Wildman–Crippen LogP) is 4.11. The van der Waals surface area contributed by atoms with E-state index in [4.69, 9.17) is 0 Å². The SMILES string of the molecule is C[C@]1(c2ccccc2)C(=O)[C@H]2CCCCCC[C@H]21. The molecule has 2 fully saturated rings. The van der Waals surface area contributed by atoms with Crippen LogP contribution in [0.2, 0.25) is 0 Å². The summed E-state index contributed by atoms with van der Waals surface area (Å²) in [6, 6.07) is 10.4. The lowest BCUT2D eigenvalue weighted by Gasteiger charge is -2.53. The molecule has 0 unspecified atom stereocenters. The number of hydrogen-bond donors (Lipinski definition) is 0. The summed E-state index contributed by atoms with van der Waals surface area (Å²) in [5, 5.41) is 0. The average Bonchev–Trinajstić information content (AvgIpc) is 2.39. The Labute approximate surface area is 110 Å². The minimum atomic E-state index is -0.191. The molecule has 0 radical (unpaired) electrons. The third kappa shape index (κ3) is 1.64. The van der Waals surface area contributed by atoms with Crippen LogP contribution in [0.1, 0.15) is 51.0 Å². The fraction of sp³-hybridized carbons (Fsp3) is 0.588. The summed E-state index contributed by atoms with van der Waals surface area (Å²) in [4.78, 5) is 12.6. The van der Waals surface area contributed by atoms with Crippen LogP contribution < -0.4 is 0 Å². The van der Waals surface area contributed by atoms with Crippen molar-refractivity contribution in [1.29, 1.82) is 0 Å². The van der Waals surface area contributed by atoms with Crippen LogP contribution >= 0.6 is 0 Å². The van der Waals surface area contributed by atoms with Crippen LogP contribution in [0.15, 0.2) is 30.3 Å². The fourth-order valence-electron chi connectivity index (χ4n) is 4.10. The Kier molecular flexibility index (Phi) is 3.01. The summed E-state index contributed by atoms with van der Waals surface area (Å²) in [7, 11) is 0. The van der Waals surface area contributed by atoms with Gasteiger partial charge in [0, 0.05) is 5.92 Å². The quantitative estimate of drug-likeness (QED) is 0.724. The summed E-state index contributed by atoms with van der Waals surface area (Å²) in [5.41, 5.74) is 1.04. The predicted molar refractivity (Wildman–Crippen MR) is 73.5 cm³/mol. The van der Waals surface area contributed by atoms with E-state index in [1.165, 1.54) is 37.7 Å². The van der Waals surface area contributed by atoms with Crippen LogP contribution in [0.25, 0.3) is 0 Å². The van der Waals surface area contributed by atoms with Gasteiger partial charge in [-0.1, -0.05) is 56.0 Å². The second kappa shape index (κ2) is 4.53. The van der Waals surface area contributed by atoms with Gasteiger partial charge in [-0.3, -0.25) is 4.79 Å². The van der Waals surface area contributed by atoms with Crippen molar-refractivity contribution in [2.75, 3.05) is 0 Å². The summed E-state index contributed by atoms with van der Waals surface area (Å²) < 4.78 is 0. The van der Waals surface area contributed by atoms with Gasteiger partial charge in [0.05, 0.1) is 5.41 Å². The van der Waals surface area contributed by atoms with Gasteiger partial charge in [-0.2, -0.15) is 0 Å². The normalized spacial score (nSPS) is 36.2. The summed E-state index contributed by atoms with van der Waals surface area (Å²) in [6.45, 7) is 2.17. The molecule has 1 heteroatoms. The van der Waals surface area contributed by atoms with Gasteiger partial charge < -0.3 is 0 Å². The van der Waals surface area contributed by atoms with Gasteiger partial charge in [-0.05, 0) is 31.2 Å². The van der Waals surface area contributed by atoms with Gasteiger partial charge in [0.15, 0.2) is 0 Å². The largest absolute Gasteiger partial charge is 0.298 e. The molecule has 2 aliphatic rings. The van der Waals surface area contributed by atoms with E-state index >= 15 is 0 Å². The van der Waals surface area contributed by atoms with Crippen molar-refractivity contribution in [1.82, 2.24) is 0 Å². The molecule has 1 nitrogen and oxygen atoms in total. The lowest BCUT2D eigenvalue weighted by Crippen LogP contribution is -2.59. The van der Waals surface area contributed by atoms with E-state index in [1.807, 2.05) is 6.07 Å². The van der Waals surface area contributed by atoms with Crippen LogP contribution in [0.5, 0.6) is 0 Å². The number of hydrogen-bond acceptors (Lipinski definition) is 1. The van der Waals surface area contributed by atoms with Crippen molar-refractivity contribution < 1.29 is 4.79 Å². The molecule has 3 atom stereocenters. The number of fused-ring (bicyclic) bond motifs is 1. The van der Waals surface area contributed by atoms with Crippen molar-refractivity contribution in [3.63, 3.8) is 0 Å². The van der Waals surface area contributed by atoms with Crippen LogP contribution in [0.4, 0.5) is 0 Å². The first kappa shape index (κ1) is 12.0. The molecule has 0 amide bonds. The minimum absolute atomic E-state index is 0.191. The molecule has 0 aliphatic heterocycles. The highest BCUT2D eigenvalue weighted by atomic mass is 16.1. The molecule has 2 saturated carbocycles. The molecule has 1 aromatic rings. The lowest BCUT2D eigenvalue weighted by molar-refractivity contribution is -0.147. The molecule has 0 aromatic heterocycles. The molecule has 0 N–H and O–H groups in total. The van der Waals surface area contributed by atoms with E-state index in [9.17, 15) is 4.79 Å². The van der Waals surface area contributed by atoms with Gasteiger partial charge in [0.2, 0.25) is 0 Å². The minimum Gasteiger partial charge on any atom is -0.298 e. The van der Waals surface area contributed by atoms with Crippen LogP contribution in [0, 0.1) is 11.8 Å². The summed E-state index contributed by atoms with van der Waals surface area (Å²) in [6.07, 6.45) is 7.59. The zero-order valence-electron chi connectivity index (χ0n) is 11.2. The molecular weight excluding hydrogens is 220 g/mol. The number of benzene rings is 1. The molecule has 1 aromatic carbocycles. The van der Waals surface area contributed by atoms with Gasteiger partial charge in [0.1, 0.15) is 5.78 Å². The Morgan fingerprint density at radius 2 is 1.67 bits per heavy atom. The third-order valence-electron chi connectivity index (χ3n) is 5.23. The molecule has 0 saturated heterocycles. The molecule has 3 rings (SSSR count). The maximum atomic E-state index is 12.6. The molecule has 0 bridgehead atoms. The number of Topliss-reactive ketones (excluding diaryl/α,β-unsaturated/α-hetero) is 1. The van der Waals surface area contributed by atoms with Crippen molar-refractivity contribution >= 4 is 5.78 Å². The van der Waals surface area contributed by atoms with Crippen molar-refractivity contribution in [2.45, 2.75) is 50.9 Å². The molecule has 18 heavy (non-hydrogen) atoms. The van der Waals surface area contributed by atoms with E-state index in [0.717, 1.165) is 6.42 Å². The van der Waals surface area contributed by atoms with Crippen LogP contribution in [-0.2, 0) is 10.2 Å². The van der Waals surface area contributed by atoms with E-state index in [2.05, 4.69) is 31.2 Å². The number of rotatable bonds is 1. The monoisotopic (exact) mass is 242 g/mol. The van der Waals surface area contributed by atoms with Crippen LogP contribution in [0.3, 0.4) is 0 Å². The second-order valence-electron chi connectivity index (χ2n) is 6.14. The maximum absolute atomic E-state index is 12.6. The Balaban J connectivity index is 1.90. The van der Waals surface area contributed by atoms with E-state index in [-0.39, 0.29) is 5.41 Å². The summed E-state index contributed by atoms with van der Waals surface area (Å²) in [5.74, 6) is 1.45. The zero-order chi connectivity index (χ0) is 12.6. The smallest absolute Gasteiger partial charge is 0.146 e. The topological polar surface area (TPSA) is 17.1 Å². The second-order valence-corrected chi connectivity index (χ2v) is 6.14. The molecule has 2 aliphatic carbocycles. The van der Waals surface area contributed by atoms with Gasteiger partial charge >= 0.3 is 0 Å². The van der Waals surface area contributed by atoms with Crippen LogP contribution in [-0.4, -0.2) is 5.78 Å². The van der Waals surface area contributed by atoms with Crippen molar-refractivity contribution in [3.8, 4) is 0 Å². The first-order chi connectivity index (χ1) is 8.74. The average molecular weight is 242 g/mol. The van der Waals surface area contributed by atoms with Gasteiger partial charge in [0.25, 0.3) is 0 Å². The number of carbonyl (C=O) groups excluding carboxylic acids is 1. The van der Waals surface area contributed by atoms with Crippen molar-refractivity contribution in [2.24, 2.45) is 11.8 Å². The molecule has 0 spiro atoms. The molecule has 96 valence electrons. The fourth-order valence-corrected chi connectivity index (χ4v) is 4.10. The van der Waals surface area contributed by atoms with Gasteiger partial charge in [-0.15, -0.1) is 0 Å². The zero-order valence-corrected chi connectivity index (χ0v) is 11.2. The van der Waals surface area contributed by atoms with E-state index in [1.54, 1.807) is 0 Å². The Morgan fingerprint density at radius 3 is 2.39 bits per heavy atom. The van der Waals surface area contributed by atoms with E-state index in [0.29, 0.717) is 17.6 Å². The highest BCUT2D eigenvalue weighted by molar-refractivity contribution is 5.98.